The van der Waals surface area contributed by atoms with E-state index < -0.39 is 7.80 Å². The Labute approximate surface area is 179 Å². The van der Waals surface area contributed by atoms with Gasteiger partial charge in [0.15, 0.2) is 10.6 Å². The van der Waals surface area contributed by atoms with Gasteiger partial charge in [-0.05, 0) is 35.4 Å². The van der Waals surface area contributed by atoms with E-state index >= 15 is 0 Å². The largest absolute Gasteiger partial charge is 0.415 e. The summed E-state index contributed by atoms with van der Waals surface area (Å²) in [7, 11) is 1.53. The lowest BCUT2D eigenvalue weighted by molar-refractivity contribution is -0.0725. The normalized spacial score (nSPS) is 11.0. The van der Waals surface area contributed by atoms with Gasteiger partial charge in [-0.1, -0.05) is 28.8 Å². The van der Waals surface area contributed by atoms with Crippen molar-refractivity contribution in [1.29, 1.82) is 0 Å². The minimum atomic E-state index is -1.71. The SMILES string of the molecule is COCCOCOCc1cccc([P+](=O)c2cccc(COCOCCOC)c2)c1. The number of rotatable bonds is 16. The number of ether oxygens (including phenoxy) is 6. The van der Waals surface area contributed by atoms with E-state index in [9.17, 15) is 4.57 Å². The first kappa shape index (κ1) is 24.6. The summed E-state index contributed by atoms with van der Waals surface area (Å²) in [6, 6.07) is 15.2. The molecular formula is C22H30O7P+. The molecule has 0 N–H and O–H groups in total. The molecule has 0 aliphatic rings. The first-order valence-electron chi connectivity index (χ1n) is 9.68. The zero-order chi connectivity index (χ0) is 21.4. The molecule has 2 aromatic carbocycles. The third-order valence-corrected chi connectivity index (χ3v) is 5.52. The van der Waals surface area contributed by atoms with Crippen LogP contribution in [0, 0.1) is 0 Å². The monoisotopic (exact) mass is 437 g/mol. The Morgan fingerprint density at radius 1 is 0.667 bits per heavy atom. The van der Waals surface area contributed by atoms with Gasteiger partial charge in [0.2, 0.25) is 0 Å². The van der Waals surface area contributed by atoms with Crippen LogP contribution in [0.25, 0.3) is 0 Å². The summed E-state index contributed by atoms with van der Waals surface area (Å²) in [5, 5.41) is 1.51. The van der Waals surface area contributed by atoms with Crippen molar-refractivity contribution in [1.82, 2.24) is 0 Å². The highest BCUT2D eigenvalue weighted by molar-refractivity contribution is 7.61. The van der Waals surface area contributed by atoms with Crippen LogP contribution in [0.3, 0.4) is 0 Å². The summed E-state index contributed by atoms with van der Waals surface area (Å²) in [6.45, 7) is 3.20. The van der Waals surface area contributed by atoms with Gasteiger partial charge in [-0.3, -0.25) is 0 Å². The minimum Gasteiger partial charge on any atom is -0.382 e. The van der Waals surface area contributed by atoms with Gasteiger partial charge >= 0.3 is 7.80 Å². The number of benzene rings is 2. The molecule has 0 unspecified atom stereocenters. The highest BCUT2D eigenvalue weighted by atomic mass is 31.1. The fourth-order valence-corrected chi connectivity index (χ4v) is 3.84. The molecule has 0 atom stereocenters. The highest BCUT2D eigenvalue weighted by Gasteiger charge is 2.24. The number of methoxy groups -OCH3 is 2. The minimum absolute atomic E-state index is 0.191. The second-order valence-corrected chi connectivity index (χ2v) is 7.99. The lowest BCUT2D eigenvalue weighted by Crippen LogP contribution is -2.10. The van der Waals surface area contributed by atoms with Crippen LogP contribution in [0.2, 0.25) is 0 Å². The van der Waals surface area contributed by atoms with Crippen molar-refractivity contribution in [2.45, 2.75) is 13.2 Å². The van der Waals surface area contributed by atoms with E-state index in [2.05, 4.69) is 0 Å². The Morgan fingerprint density at radius 3 is 1.57 bits per heavy atom. The zero-order valence-electron chi connectivity index (χ0n) is 17.6. The topological polar surface area (TPSA) is 72.5 Å². The van der Waals surface area contributed by atoms with Crippen LogP contribution in [-0.4, -0.2) is 54.2 Å². The lowest BCUT2D eigenvalue weighted by atomic mass is 10.2. The fourth-order valence-electron chi connectivity index (χ4n) is 2.53. The standard InChI is InChI=1S/C22H30O7P/c1-24-9-11-26-17-28-15-19-5-3-7-21(13-19)30(23)22-8-4-6-20(14-22)16-29-18-27-12-10-25-2/h3-8,13-14H,9-12,15-18H2,1-2H3/q+1. The van der Waals surface area contributed by atoms with Gasteiger partial charge in [-0.2, -0.15) is 0 Å². The van der Waals surface area contributed by atoms with Gasteiger partial charge in [0.25, 0.3) is 0 Å². The lowest BCUT2D eigenvalue weighted by Gasteiger charge is -2.06. The smallest absolute Gasteiger partial charge is 0.382 e. The highest BCUT2D eigenvalue weighted by Crippen LogP contribution is 2.21. The Bertz CT molecular complexity index is 692. The molecule has 0 aromatic heterocycles. The summed E-state index contributed by atoms with van der Waals surface area (Å²) in [6.07, 6.45) is 0. The van der Waals surface area contributed by atoms with Crippen molar-refractivity contribution in [2.24, 2.45) is 0 Å². The predicted molar refractivity (Wildman–Crippen MR) is 115 cm³/mol. The molecule has 0 fully saturated rings. The maximum absolute atomic E-state index is 13.0. The number of hydrogen-bond acceptors (Lipinski definition) is 7. The molecule has 0 radical (unpaired) electrons. The van der Waals surface area contributed by atoms with Crippen LogP contribution in [-0.2, 0) is 46.2 Å². The van der Waals surface area contributed by atoms with Gasteiger partial charge in [0.1, 0.15) is 13.6 Å². The van der Waals surface area contributed by atoms with Crippen LogP contribution in [0.15, 0.2) is 48.5 Å². The van der Waals surface area contributed by atoms with E-state index in [0.717, 1.165) is 21.7 Å². The molecule has 0 amide bonds. The van der Waals surface area contributed by atoms with Crippen LogP contribution in [0.5, 0.6) is 0 Å². The molecule has 30 heavy (non-hydrogen) atoms. The zero-order valence-corrected chi connectivity index (χ0v) is 18.5. The van der Waals surface area contributed by atoms with E-state index in [1.165, 1.54) is 0 Å². The molecule has 2 rings (SSSR count). The van der Waals surface area contributed by atoms with Crippen molar-refractivity contribution in [3.8, 4) is 0 Å². The second-order valence-electron chi connectivity index (χ2n) is 6.37. The van der Waals surface area contributed by atoms with E-state index in [4.69, 9.17) is 28.4 Å². The van der Waals surface area contributed by atoms with Crippen molar-refractivity contribution in [3.63, 3.8) is 0 Å². The summed E-state index contributed by atoms with van der Waals surface area (Å²) >= 11 is 0. The average molecular weight is 437 g/mol. The second kappa shape index (κ2) is 15.2. The third-order valence-electron chi connectivity index (χ3n) is 4.02. The molecule has 0 saturated carbocycles. The van der Waals surface area contributed by atoms with Crippen molar-refractivity contribution in [2.75, 3.05) is 54.2 Å². The Hall–Kier alpha value is -1.70. The van der Waals surface area contributed by atoms with E-state index in [0.29, 0.717) is 39.6 Å². The molecule has 8 heteroatoms. The Morgan fingerprint density at radius 2 is 1.13 bits per heavy atom. The molecule has 0 bridgehead atoms. The van der Waals surface area contributed by atoms with Gasteiger partial charge < -0.3 is 28.4 Å². The first-order valence-corrected chi connectivity index (χ1v) is 10.9. The van der Waals surface area contributed by atoms with E-state index in [1.807, 2.05) is 48.5 Å². The maximum Gasteiger partial charge on any atom is 0.415 e. The van der Waals surface area contributed by atoms with E-state index in [-0.39, 0.29) is 13.6 Å². The van der Waals surface area contributed by atoms with Gasteiger partial charge in [-0.15, -0.1) is 0 Å². The fraction of sp³-hybridized carbons (Fsp3) is 0.455. The summed E-state index contributed by atoms with van der Waals surface area (Å²) in [4.78, 5) is 0. The van der Waals surface area contributed by atoms with Crippen molar-refractivity contribution < 1.29 is 33.0 Å². The van der Waals surface area contributed by atoms with Crippen LogP contribution in [0.4, 0.5) is 0 Å². The van der Waals surface area contributed by atoms with Crippen LogP contribution >= 0.6 is 7.80 Å². The molecular weight excluding hydrogens is 407 g/mol. The number of hydrogen-bond donors (Lipinski definition) is 0. The van der Waals surface area contributed by atoms with Gasteiger partial charge in [-0.25, -0.2) is 0 Å². The Balaban J connectivity index is 1.85. The third kappa shape index (κ3) is 9.41. The van der Waals surface area contributed by atoms with Gasteiger partial charge in [0, 0.05) is 14.2 Å². The maximum atomic E-state index is 13.0. The first-order chi connectivity index (χ1) is 14.7. The molecule has 0 aliphatic carbocycles. The molecule has 0 heterocycles. The quantitative estimate of drug-likeness (QED) is 0.227. The molecule has 0 saturated heterocycles. The predicted octanol–water partition coefficient (Wildman–Crippen LogP) is 2.74. The molecule has 0 aliphatic heterocycles. The van der Waals surface area contributed by atoms with Crippen LogP contribution < -0.4 is 10.6 Å². The average Bonchev–Trinajstić information content (AvgIpc) is 2.78. The Kier molecular flexibility index (Phi) is 12.4. The van der Waals surface area contributed by atoms with Crippen LogP contribution in [0.1, 0.15) is 11.1 Å². The van der Waals surface area contributed by atoms with Crippen molar-refractivity contribution in [3.05, 3.63) is 59.7 Å². The molecule has 0 spiro atoms. The summed E-state index contributed by atoms with van der Waals surface area (Å²) < 4.78 is 44.4. The molecule has 2 aromatic rings. The van der Waals surface area contributed by atoms with Crippen molar-refractivity contribution >= 4 is 18.4 Å². The molecule has 7 nitrogen and oxygen atoms in total. The summed E-state index contributed by atoms with van der Waals surface area (Å²) in [5.74, 6) is 0. The van der Waals surface area contributed by atoms with E-state index in [1.54, 1.807) is 14.2 Å². The van der Waals surface area contributed by atoms with Gasteiger partial charge in [0.05, 0.1) is 39.6 Å². The molecule has 164 valence electrons. The summed E-state index contributed by atoms with van der Waals surface area (Å²) in [5.41, 5.74) is 1.89.